The maximum absolute atomic E-state index is 14.3. The van der Waals surface area contributed by atoms with Gasteiger partial charge >= 0.3 is 0 Å². The Kier molecular flexibility index (Phi) is 4.60. The molecule has 0 saturated heterocycles. The lowest BCUT2D eigenvalue weighted by molar-refractivity contribution is 0.102. The number of benzene rings is 2. The fourth-order valence-corrected chi connectivity index (χ4v) is 3.03. The first-order chi connectivity index (χ1) is 12.3. The highest BCUT2D eigenvalue weighted by molar-refractivity contribution is 7.90. The Labute approximate surface area is 148 Å². The topological polar surface area (TPSA) is 68.2 Å². The van der Waals surface area contributed by atoms with Crippen LogP contribution in [0.25, 0.3) is 5.69 Å². The van der Waals surface area contributed by atoms with E-state index in [2.05, 4.69) is 5.32 Å². The molecule has 134 valence electrons. The van der Waals surface area contributed by atoms with Crippen molar-refractivity contribution in [2.45, 2.75) is 4.90 Å². The third-order valence-corrected chi connectivity index (χ3v) is 4.82. The monoisotopic (exact) mass is 376 g/mol. The number of hydrogen-bond acceptors (Lipinski definition) is 3. The highest BCUT2D eigenvalue weighted by Crippen LogP contribution is 2.21. The molecular weight excluding hydrogens is 362 g/mol. The average Bonchev–Trinajstić information content (AvgIpc) is 3.09. The van der Waals surface area contributed by atoms with Crippen LogP contribution in [0.15, 0.2) is 65.8 Å². The average molecular weight is 376 g/mol. The predicted octanol–water partition coefficient (Wildman–Crippen LogP) is 3.41. The van der Waals surface area contributed by atoms with Crippen LogP contribution in [0.2, 0.25) is 0 Å². The van der Waals surface area contributed by atoms with Gasteiger partial charge in [0, 0.05) is 24.2 Å². The molecule has 0 fully saturated rings. The number of nitrogens with one attached hydrogen (secondary N) is 1. The van der Waals surface area contributed by atoms with E-state index in [-0.39, 0.29) is 21.8 Å². The second-order valence-corrected chi connectivity index (χ2v) is 7.64. The molecule has 0 radical (unpaired) electrons. The van der Waals surface area contributed by atoms with E-state index in [9.17, 15) is 22.0 Å². The molecule has 1 N–H and O–H groups in total. The van der Waals surface area contributed by atoms with Crippen molar-refractivity contribution in [3.63, 3.8) is 0 Å². The lowest BCUT2D eigenvalue weighted by Crippen LogP contribution is -2.14. The quantitative estimate of drug-likeness (QED) is 0.710. The summed E-state index contributed by atoms with van der Waals surface area (Å²) in [6.07, 6.45) is 4.29. The number of carbonyl (C=O) groups excluding carboxylic acids is 1. The van der Waals surface area contributed by atoms with Crippen LogP contribution in [-0.4, -0.2) is 25.1 Å². The summed E-state index contributed by atoms with van der Waals surface area (Å²) >= 11 is 0. The van der Waals surface area contributed by atoms with Gasteiger partial charge in [-0.05, 0) is 48.5 Å². The van der Waals surface area contributed by atoms with Gasteiger partial charge < -0.3 is 9.88 Å². The standard InChI is InChI=1S/C18H14F2N2O3S/c1-26(24,25)13-5-6-14(19)16(11-13)21-18(23)12-4-7-17(15(20)10-12)22-8-2-3-9-22/h2-11H,1H3,(H,21,23). The van der Waals surface area contributed by atoms with Crippen molar-refractivity contribution >= 4 is 21.4 Å². The molecular formula is C18H14F2N2O3S. The number of hydrogen-bond donors (Lipinski definition) is 1. The van der Waals surface area contributed by atoms with E-state index in [4.69, 9.17) is 0 Å². The van der Waals surface area contributed by atoms with Gasteiger partial charge in [0.05, 0.1) is 16.3 Å². The largest absolute Gasteiger partial charge is 0.321 e. The molecule has 0 saturated carbocycles. The molecule has 0 bridgehead atoms. The van der Waals surface area contributed by atoms with Gasteiger partial charge in [-0.15, -0.1) is 0 Å². The van der Waals surface area contributed by atoms with Crippen LogP contribution in [0.1, 0.15) is 10.4 Å². The molecule has 3 aromatic rings. The van der Waals surface area contributed by atoms with Crippen molar-refractivity contribution in [1.82, 2.24) is 4.57 Å². The summed E-state index contributed by atoms with van der Waals surface area (Å²) in [5, 5.41) is 2.27. The van der Waals surface area contributed by atoms with Crippen molar-refractivity contribution in [2.24, 2.45) is 0 Å². The number of amides is 1. The molecule has 2 aromatic carbocycles. The SMILES string of the molecule is CS(=O)(=O)c1ccc(F)c(NC(=O)c2ccc(-n3cccc3)c(F)c2)c1. The van der Waals surface area contributed by atoms with Gasteiger partial charge in [-0.2, -0.15) is 0 Å². The van der Waals surface area contributed by atoms with Crippen molar-refractivity contribution in [1.29, 1.82) is 0 Å². The van der Waals surface area contributed by atoms with Gasteiger partial charge in [0.2, 0.25) is 0 Å². The van der Waals surface area contributed by atoms with Crippen LogP contribution in [-0.2, 0) is 9.84 Å². The van der Waals surface area contributed by atoms with Crippen molar-refractivity contribution in [3.05, 3.63) is 78.1 Å². The van der Waals surface area contributed by atoms with Crippen molar-refractivity contribution < 1.29 is 22.0 Å². The summed E-state index contributed by atoms with van der Waals surface area (Å²) in [6, 6.07) is 10.4. The normalized spacial score (nSPS) is 11.3. The molecule has 1 aromatic heterocycles. The zero-order valence-corrected chi connectivity index (χ0v) is 14.4. The number of aromatic nitrogens is 1. The van der Waals surface area contributed by atoms with Gasteiger partial charge in [-0.3, -0.25) is 4.79 Å². The predicted molar refractivity (Wildman–Crippen MR) is 93.2 cm³/mol. The highest BCUT2D eigenvalue weighted by atomic mass is 32.2. The zero-order chi connectivity index (χ0) is 18.9. The molecule has 8 heteroatoms. The first-order valence-electron chi connectivity index (χ1n) is 7.49. The third-order valence-electron chi connectivity index (χ3n) is 3.71. The number of rotatable bonds is 4. The minimum Gasteiger partial charge on any atom is -0.321 e. The number of carbonyl (C=O) groups is 1. The second kappa shape index (κ2) is 6.72. The molecule has 0 aliphatic carbocycles. The molecule has 3 rings (SSSR count). The van der Waals surface area contributed by atoms with Gasteiger partial charge in [-0.1, -0.05) is 0 Å². The molecule has 1 heterocycles. The van der Waals surface area contributed by atoms with Crippen molar-refractivity contribution in [2.75, 3.05) is 11.6 Å². The van der Waals surface area contributed by atoms with Gasteiger partial charge in [0.1, 0.15) is 11.6 Å². The first kappa shape index (κ1) is 17.8. The summed E-state index contributed by atoms with van der Waals surface area (Å²) in [5.74, 6) is -2.18. The molecule has 1 amide bonds. The van der Waals surface area contributed by atoms with E-state index >= 15 is 0 Å². The highest BCUT2D eigenvalue weighted by Gasteiger charge is 2.15. The molecule has 0 aliphatic rings. The lowest BCUT2D eigenvalue weighted by atomic mass is 10.1. The number of nitrogens with zero attached hydrogens (tertiary/aromatic N) is 1. The minimum absolute atomic E-state index is 0.0254. The van der Waals surface area contributed by atoms with E-state index < -0.39 is 27.4 Å². The van der Waals surface area contributed by atoms with Crippen LogP contribution in [0.5, 0.6) is 0 Å². The first-order valence-corrected chi connectivity index (χ1v) is 9.39. The number of sulfone groups is 1. The summed E-state index contributed by atoms with van der Waals surface area (Å²) in [5.41, 5.74) is -0.0628. The second-order valence-electron chi connectivity index (χ2n) is 5.62. The summed E-state index contributed by atoms with van der Waals surface area (Å²) in [7, 11) is -3.56. The van der Waals surface area contributed by atoms with Crippen molar-refractivity contribution in [3.8, 4) is 5.69 Å². The van der Waals surface area contributed by atoms with E-state index in [0.29, 0.717) is 0 Å². The van der Waals surface area contributed by atoms with Gasteiger partial charge in [0.25, 0.3) is 5.91 Å². The third kappa shape index (κ3) is 3.65. The number of anilines is 1. The van der Waals surface area contributed by atoms with Crippen LogP contribution in [0.4, 0.5) is 14.5 Å². The smallest absolute Gasteiger partial charge is 0.255 e. The van der Waals surface area contributed by atoms with Crippen LogP contribution < -0.4 is 5.32 Å². The number of halogens is 2. The van der Waals surface area contributed by atoms with Gasteiger partial charge in [0.15, 0.2) is 9.84 Å². The van der Waals surface area contributed by atoms with E-state index in [1.165, 1.54) is 12.1 Å². The Morgan fingerprint density at radius 1 is 1.00 bits per heavy atom. The minimum atomic E-state index is -3.56. The lowest BCUT2D eigenvalue weighted by Gasteiger charge is -2.10. The fraction of sp³-hybridized carbons (Fsp3) is 0.0556. The zero-order valence-electron chi connectivity index (χ0n) is 13.6. The summed E-state index contributed by atoms with van der Waals surface area (Å²) in [4.78, 5) is 12.1. The van der Waals surface area contributed by atoms with Crippen LogP contribution in [0.3, 0.4) is 0 Å². The summed E-state index contributed by atoms with van der Waals surface area (Å²) < 4.78 is 52.8. The summed E-state index contributed by atoms with van der Waals surface area (Å²) in [6.45, 7) is 0. The van der Waals surface area contributed by atoms with Crippen LogP contribution in [0, 0.1) is 11.6 Å². The fourth-order valence-electron chi connectivity index (χ4n) is 2.38. The van der Waals surface area contributed by atoms with Gasteiger partial charge in [-0.25, -0.2) is 17.2 Å². The van der Waals surface area contributed by atoms with E-state index in [1.54, 1.807) is 29.1 Å². The van der Waals surface area contributed by atoms with E-state index in [1.807, 2.05) is 0 Å². The van der Waals surface area contributed by atoms with Crippen LogP contribution >= 0.6 is 0 Å². The Bertz CT molecular complexity index is 1080. The molecule has 5 nitrogen and oxygen atoms in total. The Balaban J connectivity index is 1.88. The maximum atomic E-state index is 14.3. The molecule has 26 heavy (non-hydrogen) atoms. The Hall–Kier alpha value is -3.00. The molecule has 0 spiro atoms. The maximum Gasteiger partial charge on any atom is 0.255 e. The molecule has 0 atom stereocenters. The Morgan fingerprint density at radius 2 is 1.69 bits per heavy atom. The Morgan fingerprint density at radius 3 is 2.31 bits per heavy atom. The molecule has 0 unspecified atom stereocenters. The molecule has 0 aliphatic heterocycles. The van der Waals surface area contributed by atoms with E-state index in [0.717, 1.165) is 30.5 Å².